The molecule has 8 nitrogen and oxygen atoms in total. The average Bonchev–Trinajstić information content (AvgIpc) is 3.08. The number of hydrogen-bond acceptors (Lipinski definition) is 5. The second-order valence-corrected chi connectivity index (χ2v) is 14.2. The number of carbonyl (C=O) groups is 2. The standard InChI is InChI=1S/C37H41Cl2N3O5S/c1-5-27(4)40-37(44)35(23-28-10-8-7-9-11-28)41(24-29-14-21-33(38)34(39)22-29)36(43)25-42(30-15-12-26(3)13-16-30)48(45,46)32-19-17-31(18-20-32)47-6-2/h7-22,27,35H,5-6,23-25H2,1-4H3,(H,40,44)/t27-,35+/m0/s1. The Kier molecular flexibility index (Phi) is 12.9. The van der Waals surface area contributed by atoms with Crippen LogP contribution in [0, 0.1) is 6.92 Å². The molecule has 0 aliphatic rings. The summed E-state index contributed by atoms with van der Waals surface area (Å²) in [5.41, 5.74) is 2.70. The van der Waals surface area contributed by atoms with Crippen LogP contribution in [0.15, 0.2) is 102 Å². The summed E-state index contributed by atoms with van der Waals surface area (Å²) < 4.78 is 35.1. The normalized spacial score (nSPS) is 12.5. The lowest BCUT2D eigenvalue weighted by Crippen LogP contribution is -2.54. The van der Waals surface area contributed by atoms with Crippen LogP contribution in [0.4, 0.5) is 5.69 Å². The number of ether oxygens (including phenoxy) is 1. The fourth-order valence-corrected chi connectivity index (χ4v) is 6.81. The van der Waals surface area contributed by atoms with Crippen LogP contribution < -0.4 is 14.4 Å². The minimum Gasteiger partial charge on any atom is -0.494 e. The molecule has 1 N–H and O–H groups in total. The molecule has 4 rings (SSSR count). The lowest BCUT2D eigenvalue weighted by molar-refractivity contribution is -0.140. The van der Waals surface area contributed by atoms with E-state index in [-0.39, 0.29) is 29.8 Å². The Morgan fingerprint density at radius 2 is 1.52 bits per heavy atom. The van der Waals surface area contributed by atoms with E-state index >= 15 is 0 Å². The van der Waals surface area contributed by atoms with Gasteiger partial charge in [0.1, 0.15) is 18.3 Å². The fourth-order valence-electron chi connectivity index (χ4n) is 5.07. The smallest absolute Gasteiger partial charge is 0.264 e. The highest BCUT2D eigenvalue weighted by atomic mass is 35.5. The van der Waals surface area contributed by atoms with Gasteiger partial charge in [-0.1, -0.05) is 84.2 Å². The van der Waals surface area contributed by atoms with E-state index in [0.717, 1.165) is 15.4 Å². The largest absolute Gasteiger partial charge is 0.494 e. The third-order valence-electron chi connectivity index (χ3n) is 7.93. The summed E-state index contributed by atoms with van der Waals surface area (Å²) in [7, 11) is -4.25. The molecule has 254 valence electrons. The van der Waals surface area contributed by atoms with Crippen LogP contribution in [0.3, 0.4) is 0 Å². The third kappa shape index (κ3) is 9.52. The van der Waals surface area contributed by atoms with E-state index in [1.807, 2.05) is 58.0 Å². The lowest BCUT2D eigenvalue weighted by atomic mass is 10.0. The molecule has 0 saturated carbocycles. The molecule has 0 aliphatic heterocycles. The molecule has 48 heavy (non-hydrogen) atoms. The molecule has 0 unspecified atom stereocenters. The molecule has 0 bridgehead atoms. The van der Waals surface area contributed by atoms with Crippen molar-refractivity contribution in [1.29, 1.82) is 0 Å². The van der Waals surface area contributed by atoms with Gasteiger partial charge in [-0.3, -0.25) is 13.9 Å². The van der Waals surface area contributed by atoms with Crippen LogP contribution >= 0.6 is 23.2 Å². The Labute approximate surface area is 293 Å². The van der Waals surface area contributed by atoms with Crippen LogP contribution in [0.5, 0.6) is 5.75 Å². The van der Waals surface area contributed by atoms with Crippen LogP contribution in [0.2, 0.25) is 10.0 Å². The van der Waals surface area contributed by atoms with Crippen LogP contribution in [-0.4, -0.2) is 50.4 Å². The highest BCUT2D eigenvalue weighted by Gasteiger charge is 2.35. The first-order valence-corrected chi connectivity index (χ1v) is 18.0. The van der Waals surface area contributed by atoms with E-state index in [4.69, 9.17) is 27.9 Å². The van der Waals surface area contributed by atoms with Crippen molar-refractivity contribution in [3.05, 3.63) is 124 Å². The molecular formula is C37H41Cl2N3O5S. The first kappa shape index (κ1) is 36.8. The molecule has 0 saturated heterocycles. The van der Waals surface area contributed by atoms with Crippen molar-refractivity contribution < 1.29 is 22.7 Å². The van der Waals surface area contributed by atoms with Crippen molar-refractivity contribution in [2.24, 2.45) is 0 Å². The second-order valence-electron chi connectivity index (χ2n) is 11.5. The minimum atomic E-state index is -4.25. The van der Waals surface area contributed by atoms with Crippen molar-refractivity contribution in [2.45, 2.75) is 64.1 Å². The van der Waals surface area contributed by atoms with Crippen LogP contribution in [-0.2, 0) is 32.6 Å². The predicted octanol–water partition coefficient (Wildman–Crippen LogP) is 7.45. The highest BCUT2D eigenvalue weighted by molar-refractivity contribution is 7.92. The van der Waals surface area contributed by atoms with Crippen molar-refractivity contribution in [3.8, 4) is 5.75 Å². The van der Waals surface area contributed by atoms with Gasteiger partial charge in [0, 0.05) is 19.0 Å². The van der Waals surface area contributed by atoms with Crippen LogP contribution in [0.1, 0.15) is 43.9 Å². The first-order valence-electron chi connectivity index (χ1n) is 15.8. The molecule has 0 aromatic heterocycles. The number of rotatable bonds is 15. The average molecular weight is 711 g/mol. The Balaban J connectivity index is 1.81. The number of amides is 2. The molecule has 0 radical (unpaired) electrons. The summed E-state index contributed by atoms with van der Waals surface area (Å²) in [6.07, 6.45) is 0.887. The number of carbonyl (C=O) groups excluding carboxylic acids is 2. The molecule has 2 amide bonds. The lowest BCUT2D eigenvalue weighted by Gasteiger charge is -2.34. The van der Waals surface area contributed by atoms with Gasteiger partial charge in [-0.25, -0.2) is 8.42 Å². The van der Waals surface area contributed by atoms with Gasteiger partial charge in [-0.05, 0) is 86.8 Å². The van der Waals surface area contributed by atoms with E-state index < -0.39 is 28.5 Å². The van der Waals surface area contributed by atoms with Gasteiger partial charge in [0.2, 0.25) is 11.8 Å². The molecule has 0 fully saturated rings. The SMILES string of the molecule is CCOc1ccc(S(=O)(=O)N(CC(=O)N(Cc2ccc(Cl)c(Cl)c2)[C@H](Cc2ccccc2)C(=O)N[C@@H](C)CC)c2ccc(C)cc2)cc1. The molecule has 0 heterocycles. The number of anilines is 1. The van der Waals surface area contributed by atoms with E-state index in [2.05, 4.69) is 5.32 Å². The summed E-state index contributed by atoms with van der Waals surface area (Å²) in [6.45, 7) is 7.43. The Hall–Kier alpha value is -4.05. The molecular weight excluding hydrogens is 669 g/mol. The predicted molar refractivity (Wildman–Crippen MR) is 192 cm³/mol. The number of aryl methyl sites for hydroxylation is 1. The van der Waals surface area contributed by atoms with Gasteiger partial charge < -0.3 is 15.0 Å². The van der Waals surface area contributed by atoms with Gasteiger partial charge >= 0.3 is 0 Å². The molecule has 2 atom stereocenters. The molecule has 4 aromatic carbocycles. The van der Waals surface area contributed by atoms with E-state index in [1.54, 1.807) is 54.6 Å². The highest BCUT2D eigenvalue weighted by Crippen LogP contribution is 2.28. The Morgan fingerprint density at radius 3 is 2.12 bits per heavy atom. The van der Waals surface area contributed by atoms with E-state index in [1.165, 1.54) is 17.0 Å². The van der Waals surface area contributed by atoms with Crippen molar-refractivity contribution >= 4 is 50.7 Å². The van der Waals surface area contributed by atoms with Gasteiger partial charge in [0.25, 0.3) is 10.0 Å². The molecule has 0 aliphatic carbocycles. The molecule has 0 spiro atoms. The van der Waals surface area contributed by atoms with Crippen molar-refractivity contribution in [1.82, 2.24) is 10.2 Å². The van der Waals surface area contributed by atoms with Crippen molar-refractivity contribution in [3.63, 3.8) is 0 Å². The van der Waals surface area contributed by atoms with Gasteiger partial charge in [-0.2, -0.15) is 0 Å². The summed E-state index contributed by atoms with van der Waals surface area (Å²) in [4.78, 5) is 30.0. The number of sulfonamides is 1. The van der Waals surface area contributed by atoms with Gasteiger partial charge in [-0.15, -0.1) is 0 Å². The zero-order valence-corrected chi connectivity index (χ0v) is 29.9. The number of hydrogen-bond donors (Lipinski definition) is 1. The van der Waals surface area contributed by atoms with E-state index in [0.29, 0.717) is 40.1 Å². The van der Waals surface area contributed by atoms with Crippen LogP contribution in [0.25, 0.3) is 0 Å². The van der Waals surface area contributed by atoms with E-state index in [9.17, 15) is 18.0 Å². The fraction of sp³-hybridized carbons (Fsp3) is 0.297. The summed E-state index contributed by atoms with van der Waals surface area (Å²) >= 11 is 12.6. The quantitative estimate of drug-likeness (QED) is 0.138. The Morgan fingerprint density at radius 1 is 0.854 bits per heavy atom. The Bertz CT molecular complexity index is 1790. The third-order valence-corrected chi connectivity index (χ3v) is 10.5. The maximum Gasteiger partial charge on any atom is 0.264 e. The minimum absolute atomic E-state index is 0.00860. The van der Waals surface area contributed by atoms with Gasteiger partial charge in [0.05, 0.1) is 27.2 Å². The summed E-state index contributed by atoms with van der Waals surface area (Å²) in [5.74, 6) is -0.396. The topological polar surface area (TPSA) is 96.0 Å². The van der Waals surface area contributed by atoms with Crippen molar-refractivity contribution in [2.75, 3.05) is 17.5 Å². The first-order chi connectivity index (χ1) is 22.9. The monoisotopic (exact) mass is 709 g/mol. The zero-order valence-electron chi connectivity index (χ0n) is 27.5. The maximum atomic E-state index is 14.6. The number of halogens is 2. The second kappa shape index (κ2) is 16.9. The number of nitrogens with one attached hydrogen (secondary N) is 1. The van der Waals surface area contributed by atoms with Gasteiger partial charge in [0.15, 0.2) is 0 Å². The molecule has 11 heteroatoms. The number of nitrogens with zero attached hydrogens (tertiary/aromatic N) is 2. The summed E-state index contributed by atoms with van der Waals surface area (Å²) in [5, 5.41) is 3.67. The zero-order chi connectivity index (χ0) is 34.8. The maximum absolute atomic E-state index is 14.6. The number of benzene rings is 4. The molecule has 4 aromatic rings. The summed E-state index contributed by atoms with van der Waals surface area (Å²) in [6, 6.07) is 26.2.